The van der Waals surface area contributed by atoms with Crippen molar-refractivity contribution >= 4 is 11.0 Å². The summed E-state index contributed by atoms with van der Waals surface area (Å²) in [4.78, 5) is 10.5. The van der Waals surface area contributed by atoms with E-state index in [0.717, 1.165) is 42.0 Å². The third kappa shape index (κ3) is 4.44. The van der Waals surface area contributed by atoms with Gasteiger partial charge < -0.3 is 9.72 Å². The highest BCUT2D eigenvalue weighted by molar-refractivity contribution is 5.74. The van der Waals surface area contributed by atoms with Crippen LogP contribution in [0, 0.1) is 0 Å². The smallest absolute Gasteiger partial charge is 0.119 e. The van der Waals surface area contributed by atoms with E-state index < -0.39 is 0 Å². The van der Waals surface area contributed by atoms with Crippen LogP contribution in [0.1, 0.15) is 37.1 Å². The Morgan fingerprint density at radius 1 is 1.00 bits per heavy atom. The van der Waals surface area contributed by atoms with Crippen LogP contribution in [-0.2, 0) is 13.0 Å². The van der Waals surface area contributed by atoms with E-state index in [4.69, 9.17) is 4.74 Å². The zero-order valence-corrected chi connectivity index (χ0v) is 15.3. The summed E-state index contributed by atoms with van der Waals surface area (Å²) in [7, 11) is 0. The van der Waals surface area contributed by atoms with Crippen LogP contribution in [0.2, 0.25) is 0 Å². The molecule has 3 aromatic rings. The molecule has 0 saturated carbocycles. The van der Waals surface area contributed by atoms with Crippen molar-refractivity contribution in [1.82, 2.24) is 14.9 Å². The van der Waals surface area contributed by atoms with Gasteiger partial charge in [-0.2, -0.15) is 0 Å². The Morgan fingerprint density at radius 2 is 1.88 bits per heavy atom. The van der Waals surface area contributed by atoms with Gasteiger partial charge in [0.05, 0.1) is 17.6 Å². The molecule has 0 aliphatic carbocycles. The molecule has 0 bridgehead atoms. The van der Waals surface area contributed by atoms with E-state index in [2.05, 4.69) is 45.2 Å². The number of hydrogen-bond donors (Lipinski definition) is 1. The summed E-state index contributed by atoms with van der Waals surface area (Å²) in [5, 5.41) is 0. The van der Waals surface area contributed by atoms with Gasteiger partial charge in [-0.15, -0.1) is 0 Å². The molecule has 1 aliphatic rings. The van der Waals surface area contributed by atoms with Crippen LogP contribution >= 0.6 is 0 Å². The number of rotatable bonds is 7. The van der Waals surface area contributed by atoms with Crippen molar-refractivity contribution in [3.8, 4) is 5.75 Å². The zero-order chi connectivity index (χ0) is 17.6. The SMILES string of the molecule is c1cc(CN2CCCCC2)cc(OCCCc2nc3ccccc3[nH]2)c1. The molecule has 0 unspecified atom stereocenters. The van der Waals surface area contributed by atoms with Gasteiger partial charge in [0.2, 0.25) is 0 Å². The maximum atomic E-state index is 5.97. The molecule has 0 radical (unpaired) electrons. The number of nitrogens with zero attached hydrogens (tertiary/aromatic N) is 2. The first kappa shape index (κ1) is 17.1. The Kier molecular flexibility index (Phi) is 5.50. The van der Waals surface area contributed by atoms with E-state index in [-0.39, 0.29) is 0 Å². The van der Waals surface area contributed by atoms with Crippen molar-refractivity contribution in [2.75, 3.05) is 19.7 Å². The van der Waals surface area contributed by atoms with Crippen LogP contribution in [0.25, 0.3) is 11.0 Å². The number of aromatic amines is 1. The first-order chi connectivity index (χ1) is 12.9. The Bertz CT molecular complexity index is 803. The molecule has 1 aromatic heterocycles. The van der Waals surface area contributed by atoms with Gasteiger partial charge in [-0.05, 0) is 62.2 Å². The van der Waals surface area contributed by atoms with Crippen molar-refractivity contribution in [1.29, 1.82) is 0 Å². The number of imidazole rings is 1. The number of para-hydroxylation sites is 2. The summed E-state index contributed by atoms with van der Waals surface area (Å²) in [5.74, 6) is 2.01. The summed E-state index contributed by atoms with van der Waals surface area (Å²) in [6.07, 6.45) is 5.90. The highest BCUT2D eigenvalue weighted by atomic mass is 16.5. The lowest BCUT2D eigenvalue weighted by Crippen LogP contribution is -2.29. The fraction of sp³-hybridized carbons (Fsp3) is 0.409. The largest absolute Gasteiger partial charge is 0.494 e. The standard InChI is InChI=1S/C22H27N3O/c1-4-13-25(14-5-1)17-18-8-6-9-19(16-18)26-15-7-12-22-23-20-10-2-3-11-21(20)24-22/h2-3,6,8-11,16H,1,4-5,7,12-15,17H2,(H,23,24). The lowest BCUT2D eigenvalue weighted by molar-refractivity contribution is 0.220. The summed E-state index contributed by atoms with van der Waals surface area (Å²) in [6, 6.07) is 16.7. The molecule has 0 spiro atoms. The van der Waals surface area contributed by atoms with Crippen LogP contribution in [0.3, 0.4) is 0 Å². The van der Waals surface area contributed by atoms with Crippen molar-refractivity contribution in [2.45, 2.75) is 38.6 Å². The second-order valence-electron chi connectivity index (χ2n) is 7.14. The van der Waals surface area contributed by atoms with Gasteiger partial charge in [-0.1, -0.05) is 30.7 Å². The molecule has 1 saturated heterocycles. The number of piperidine rings is 1. The number of nitrogens with one attached hydrogen (secondary N) is 1. The van der Waals surface area contributed by atoms with E-state index in [1.807, 2.05) is 18.2 Å². The monoisotopic (exact) mass is 349 g/mol. The maximum Gasteiger partial charge on any atom is 0.119 e. The summed E-state index contributed by atoms with van der Waals surface area (Å²) < 4.78 is 5.97. The van der Waals surface area contributed by atoms with Crippen LogP contribution in [0.15, 0.2) is 48.5 Å². The van der Waals surface area contributed by atoms with Crippen LogP contribution in [0.5, 0.6) is 5.75 Å². The summed E-state index contributed by atoms with van der Waals surface area (Å²) >= 11 is 0. The Morgan fingerprint density at radius 3 is 2.77 bits per heavy atom. The minimum absolute atomic E-state index is 0.713. The zero-order valence-electron chi connectivity index (χ0n) is 15.3. The van der Waals surface area contributed by atoms with E-state index >= 15 is 0 Å². The molecule has 2 aromatic carbocycles. The average Bonchev–Trinajstić information content (AvgIpc) is 3.09. The van der Waals surface area contributed by atoms with Crippen molar-refractivity contribution < 1.29 is 4.74 Å². The highest BCUT2D eigenvalue weighted by Crippen LogP contribution is 2.18. The van der Waals surface area contributed by atoms with Gasteiger partial charge in [0, 0.05) is 13.0 Å². The molecular weight excluding hydrogens is 322 g/mol. The van der Waals surface area contributed by atoms with Crippen molar-refractivity contribution in [2.24, 2.45) is 0 Å². The molecule has 1 fully saturated rings. The second-order valence-corrected chi connectivity index (χ2v) is 7.14. The minimum Gasteiger partial charge on any atom is -0.494 e. The third-order valence-electron chi connectivity index (χ3n) is 5.02. The first-order valence-electron chi connectivity index (χ1n) is 9.74. The van der Waals surface area contributed by atoms with Gasteiger partial charge in [0.25, 0.3) is 0 Å². The Hall–Kier alpha value is -2.33. The molecule has 136 valence electrons. The molecule has 1 aliphatic heterocycles. The number of fused-ring (bicyclic) bond motifs is 1. The van der Waals surface area contributed by atoms with Gasteiger partial charge in [0.1, 0.15) is 11.6 Å². The van der Waals surface area contributed by atoms with E-state index in [9.17, 15) is 0 Å². The quantitative estimate of drug-likeness (QED) is 0.636. The number of likely N-dealkylation sites (tertiary alicyclic amines) is 1. The van der Waals surface area contributed by atoms with Gasteiger partial charge >= 0.3 is 0 Å². The number of aromatic nitrogens is 2. The molecule has 4 nitrogen and oxygen atoms in total. The van der Waals surface area contributed by atoms with Crippen molar-refractivity contribution in [3.05, 3.63) is 59.9 Å². The molecular formula is C22H27N3O. The molecule has 1 N–H and O–H groups in total. The lowest BCUT2D eigenvalue weighted by Gasteiger charge is -2.26. The predicted octanol–water partition coefficient (Wildman–Crippen LogP) is 4.56. The van der Waals surface area contributed by atoms with Crippen molar-refractivity contribution in [3.63, 3.8) is 0 Å². The maximum absolute atomic E-state index is 5.97. The van der Waals surface area contributed by atoms with Crippen LogP contribution in [0.4, 0.5) is 0 Å². The number of H-pyrrole nitrogens is 1. The second kappa shape index (κ2) is 8.37. The molecule has 2 heterocycles. The van der Waals surface area contributed by atoms with Crippen LogP contribution in [-0.4, -0.2) is 34.6 Å². The van der Waals surface area contributed by atoms with E-state index in [1.165, 1.54) is 37.9 Å². The molecule has 26 heavy (non-hydrogen) atoms. The summed E-state index contributed by atoms with van der Waals surface area (Å²) in [5.41, 5.74) is 3.49. The fourth-order valence-corrected chi connectivity index (χ4v) is 3.66. The summed E-state index contributed by atoms with van der Waals surface area (Å²) in [6.45, 7) is 4.20. The minimum atomic E-state index is 0.713. The molecule has 4 heteroatoms. The van der Waals surface area contributed by atoms with E-state index in [1.54, 1.807) is 0 Å². The molecule has 0 amide bonds. The topological polar surface area (TPSA) is 41.1 Å². The first-order valence-corrected chi connectivity index (χ1v) is 9.74. The predicted molar refractivity (Wildman–Crippen MR) is 105 cm³/mol. The normalized spacial score (nSPS) is 15.4. The number of hydrogen-bond acceptors (Lipinski definition) is 3. The van der Waals surface area contributed by atoms with Gasteiger partial charge in [0.15, 0.2) is 0 Å². The van der Waals surface area contributed by atoms with E-state index in [0.29, 0.717) is 6.61 Å². The van der Waals surface area contributed by atoms with Crippen LogP contribution < -0.4 is 4.74 Å². The van der Waals surface area contributed by atoms with Gasteiger partial charge in [-0.3, -0.25) is 4.90 Å². The molecule has 4 rings (SSSR count). The third-order valence-corrected chi connectivity index (χ3v) is 5.02. The lowest BCUT2D eigenvalue weighted by atomic mass is 10.1. The fourth-order valence-electron chi connectivity index (χ4n) is 3.66. The molecule has 0 atom stereocenters. The van der Waals surface area contributed by atoms with Gasteiger partial charge in [-0.25, -0.2) is 4.98 Å². The average molecular weight is 349 g/mol. The number of benzene rings is 2. The highest BCUT2D eigenvalue weighted by Gasteiger charge is 2.10. The Balaban J connectivity index is 1.25. The number of aryl methyl sites for hydroxylation is 1. The Labute approximate surface area is 155 Å². The number of ether oxygens (including phenoxy) is 1.